The van der Waals surface area contributed by atoms with Gasteiger partial charge in [0.15, 0.2) is 6.04 Å². The Morgan fingerprint density at radius 2 is 1.71 bits per heavy atom. The van der Waals surface area contributed by atoms with Gasteiger partial charge in [0.25, 0.3) is 5.91 Å². The predicted molar refractivity (Wildman–Crippen MR) is 106 cm³/mol. The Hall–Kier alpha value is -2.29. The van der Waals surface area contributed by atoms with E-state index < -0.39 is 10.0 Å². The number of quaternary nitrogens is 1. The van der Waals surface area contributed by atoms with Gasteiger partial charge in [-0.25, -0.2) is 12.8 Å². The lowest BCUT2D eigenvalue weighted by Crippen LogP contribution is -3.19. The van der Waals surface area contributed by atoms with Crippen LogP contribution in [0.3, 0.4) is 0 Å². The van der Waals surface area contributed by atoms with E-state index in [1.54, 1.807) is 12.1 Å². The molecule has 0 spiro atoms. The zero-order valence-corrected chi connectivity index (χ0v) is 16.6. The van der Waals surface area contributed by atoms with Crippen LogP contribution in [0.4, 0.5) is 10.1 Å². The Balaban J connectivity index is 1.53. The van der Waals surface area contributed by atoms with Crippen LogP contribution in [0.5, 0.6) is 0 Å². The molecule has 1 atom stereocenters. The van der Waals surface area contributed by atoms with Crippen LogP contribution in [0.25, 0.3) is 0 Å². The monoisotopic (exact) mass is 406 g/mol. The first-order chi connectivity index (χ1) is 13.3. The predicted octanol–water partition coefficient (Wildman–Crippen LogP) is 0.883. The molecular formula is C20H25FN3O3S+. The van der Waals surface area contributed by atoms with Crippen LogP contribution < -0.4 is 10.2 Å². The fraction of sp³-hybridized carbons (Fsp3) is 0.350. The lowest BCUT2D eigenvalue weighted by molar-refractivity contribution is -0.917. The lowest BCUT2D eigenvalue weighted by atomic mass is 10.2. The average Bonchev–Trinajstić information content (AvgIpc) is 2.69. The number of hydrogen-bond acceptors (Lipinski definition) is 3. The fourth-order valence-electron chi connectivity index (χ4n) is 3.33. The summed E-state index contributed by atoms with van der Waals surface area (Å²) in [5.41, 5.74) is 1.31. The molecular weight excluding hydrogens is 381 g/mol. The van der Waals surface area contributed by atoms with Crippen molar-refractivity contribution in [2.24, 2.45) is 0 Å². The second-order valence-corrected chi connectivity index (χ2v) is 8.99. The van der Waals surface area contributed by atoms with Crippen LogP contribution in [-0.2, 0) is 20.6 Å². The highest BCUT2D eigenvalue weighted by Crippen LogP contribution is 2.11. The number of hydrogen-bond donors (Lipinski definition) is 2. The first-order valence-electron chi connectivity index (χ1n) is 9.28. The van der Waals surface area contributed by atoms with E-state index in [0.29, 0.717) is 31.9 Å². The van der Waals surface area contributed by atoms with E-state index in [1.807, 2.05) is 25.1 Å². The van der Waals surface area contributed by atoms with Crippen molar-refractivity contribution in [1.82, 2.24) is 4.31 Å². The van der Waals surface area contributed by atoms with Crippen molar-refractivity contribution in [1.29, 1.82) is 0 Å². The highest BCUT2D eigenvalue weighted by molar-refractivity contribution is 7.88. The van der Waals surface area contributed by atoms with Crippen LogP contribution >= 0.6 is 0 Å². The molecule has 28 heavy (non-hydrogen) atoms. The summed E-state index contributed by atoms with van der Waals surface area (Å²) in [6.45, 7) is 3.72. The van der Waals surface area contributed by atoms with Crippen molar-refractivity contribution in [2.75, 3.05) is 31.5 Å². The number of piperazine rings is 1. The van der Waals surface area contributed by atoms with Gasteiger partial charge in [0.05, 0.1) is 31.9 Å². The van der Waals surface area contributed by atoms with Crippen molar-refractivity contribution in [2.45, 2.75) is 18.7 Å². The maximum absolute atomic E-state index is 13.0. The molecule has 1 heterocycles. The molecule has 1 aliphatic rings. The zero-order valence-electron chi connectivity index (χ0n) is 15.8. The number of sulfonamides is 1. The molecule has 8 heteroatoms. The van der Waals surface area contributed by atoms with Gasteiger partial charge in [-0.2, -0.15) is 4.31 Å². The number of amides is 1. The van der Waals surface area contributed by atoms with Crippen molar-refractivity contribution in [3.8, 4) is 0 Å². The molecule has 0 bridgehead atoms. The van der Waals surface area contributed by atoms with Crippen LogP contribution in [0, 0.1) is 5.82 Å². The molecule has 1 saturated heterocycles. The molecule has 0 aromatic heterocycles. The summed E-state index contributed by atoms with van der Waals surface area (Å²) in [6.07, 6.45) is 0. The average molecular weight is 407 g/mol. The summed E-state index contributed by atoms with van der Waals surface area (Å²) in [6, 6.07) is 14.4. The summed E-state index contributed by atoms with van der Waals surface area (Å²) in [5.74, 6) is -0.532. The first kappa shape index (κ1) is 20.4. The maximum Gasteiger partial charge on any atom is 0.282 e. The molecule has 0 saturated carbocycles. The molecule has 2 aromatic carbocycles. The first-order valence-corrected chi connectivity index (χ1v) is 10.9. The van der Waals surface area contributed by atoms with Crippen molar-refractivity contribution < 1.29 is 22.5 Å². The minimum atomic E-state index is -3.37. The zero-order chi connectivity index (χ0) is 20.1. The third-order valence-corrected chi connectivity index (χ3v) is 6.92. The van der Waals surface area contributed by atoms with E-state index in [0.717, 1.165) is 10.5 Å². The number of carbonyl (C=O) groups is 1. The number of anilines is 1. The Morgan fingerprint density at radius 3 is 2.32 bits per heavy atom. The SMILES string of the molecule is C[C@@H](C(=O)Nc1ccc(F)cc1)[NH+]1CCN(S(=O)(=O)Cc2ccccc2)CC1. The van der Waals surface area contributed by atoms with Gasteiger partial charge in [0.2, 0.25) is 10.0 Å². The van der Waals surface area contributed by atoms with Crippen molar-refractivity contribution >= 4 is 21.6 Å². The molecule has 2 N–H and O–H groups in total. The summed E-state index contributed by atoms with van der Waals surface area (Å²) in [5, 5.41) is 2.78. The number of carbonyl (C=O) groups excluding carboxylic acids is 1. The Labute approximate surface area is 165 Å². The normalized spacial score (nSPS) is 17.2. The van der Waals surface area contributed by atoms with Gasteiger partial charge < -0.3 is 10.2 Å². The minimum absolute atomic E-state index is 0.0101. The highest BCUT2D eigenvalue weighted by atomic mass is 32.2. The van der Waals surface area contributed by atoms with E-state index in [4.69, 9.17) is 0 Å². The number of halogens is 1. The number of nitrogens with one attached hydrogen (secondary N) is 2. The van der Waals surface area contributed by atoms with Gasteiger partial charge in [0.1, 0.15) is 5.82 Å². The molecule has 150 valence electrons. The second-order valence-electron chi connectivity index (χ2n) is 7.02. The topological polar surface area (TPSA) is 70.9 Å². The summed E-state index contributed by atoms with van der Waals surface area (Å²) < 4.78 is 39.8. The molecule has 1 amide bonds. The molecule has 1 fully saturated rings. The fourth-order valence-corrected chi connectivity index (χ4v) is 4.87. The molecule has 6 nitrogen and oxygen atoms in total. The Bertz CT molecular complexity index is 896. The largest absolute Gasteiger partial charge is 0.323 e. The van der Waals surface area contributed by atoms with Gasteiger partial charge >= 0.3 is 0 Å². The van der Waals surface area contributed by atoms with Crippen LogP contribution in [0.1, 0.15) is 12.5 Å². The molecule has 1 aliphatic heterocycles. The summed E-state index contributed by atoms with van der Waals surface area (Å²) >= 11 is 0. The molecule has 3 rings (SSSR count). The maximum atomic E-state index is 13.0. The standard InChI is InChI=1S/C20H24FN3O3S/c1-16(20(25)22-19-9-7-18(21)8-10-19)23-11-13-24(14-12-23)28(26,27)15-17-5-3-2-4-6-17/h2-10,16H,11-15H2,1H3,(H,22,25)/p+1/t16-/m0/s1. The van der Waals surface area contributed by atoms with Crippen molar-refractivity contribution in [3.05, 3.63) is 66.0 Å². The van der Waals surface area contributed by atoms with Gasteiger partial charge in [-0.15, -0.1) is 0 Å². The second kappa shape index (κ2) is 8.81. The van der Waals surface area contributed by atoms with Crippen molar-refractivity contribution in [3.63, 3.8) is 0 Å². The smallest absolute Gasteiger partial charge is 0.282 e. The van der Waals surface area contributed by atoms with Crippen LogP contribution in [-0.4, -0.2) is 50.9 Å². The van der Waals surface area contributed by atoms with E-state index in [1.165, 1.54) is 28.6 Å². The Morgan fingerprint density at radius 1 is 1.11 bits per heavy atom. The molecule has 0 aliphatic carbocycles. The van der Waals surface area contributed by atoms with Crippen LogP contribution in [0.2, 0.25) is 0 Å². The molecule has 0 radical (unpaired) electrons. The third-order valence-electron chi connectivity index (χ3n) is 5.07. The quantitative estimate of drug-likeness (QED) is 0.748. The Kier molecular flexibility index (Phi) is 6.43. The van der Waals surface area contributed by atoms with E-state index in [9.17, 15) is 17.6 Å². The summed E-state index contributed by atoms with van der Waals surface area (Å²) in [7, 11) is -3.37. The van der Waals surface area contributed by atoms with Gasteiger partial charge in [-0.05, 0) is 36.8 Å². The molecule has 2 aromatic rings. The molecule has 0 unspecified atom stereocenters. The van der Waals surface area contributed by atoms with Crippen LogP contribution in [0.15, 0.2) is 54.6 Å². The lowest BCUT2D eigenvalue weighted by Gasteiger charge is -2.34. The number of rotatable bonds is 6. The number of benzene rings is 2. The van der Waals surface area contributed by atoms with E-state index in [2.05, 4.69) is 5.32 Å². The van der Waals surface area contributed by atoms with Gasteiger partial charge in [-0.3, -0.25) is 4.79 Å². The van der Waals surface area contributed by atoms with E-state index >= 15 is 0 Å². The minimum Gasteiger partial charge on any atom is -0.323 e. The third kappa shape index (κ3) is 5.15. The number of nitrogens with zero attached hydrogens (tertiary/aromatic N) is 1. The van der Waals surface area contributed by atoms with Gasteiger partial charge in [0, 0.05) is 5.69 Å². The van der Waals surface area contributed by atoms with Gasteiger partial charge in [-0.1, -0.05) is 30.3 Å². The highest BCUT2D eigenvalue weighted by Gasteiger charge is 2.33. The van der Waals surface area contributed by atoms with E-state index in [-0.39, 0.29) is 23.5 Å². The summed E-state index contributed by atoms with van der Waals surface area (Å²) in [4.78, 5) is 13.5.